The average molecular weight is 160 g/mol. The van der Waals surface area contributed by atoms with Gasteiger partial charge in [-0.15, -0.1) is 11.8 Å². The van der Waals surface area contributed by atoms with Crippen molar-refractivity contribution >= 4 is 23.6 Å². The van der Waals surface area contributed by atoms with Gasteiger partial charge in [-0.05, 0) is 0 Å². The summed E-state index contributed by atoms with van der Waals surface area (Å²) in [7, 11) is 0. The largest absolute Gasteiger partial charge is 0.368 e. The minimum absolute atomic E-state index is 0.111. The molecule has 0 bridgehead atoms. The van der Waals surface area contributed by atoms with Gasteiger partial charge in [0, 0.05) is 5.75 Å². The first-order chi connectivity index (χ1) is 4.70. The van der Waals surface area contributed by atoms with Crippen molar-refractivity contribution in [3.63, 3.8) is 0 Å². The summed E-state index contributed by atoms with van der Waals surface area (Å²) >= 11 is 1.43. The number of thioether (sulfide) groups is 1. The van der Waals surface area contributed by atoms with Gasteiger partial charge in [0.15, 0.2) is 0 Å². The van der Waals surface area contributed by atoms with Crippen LogP contribution in [-0.4, -0.2) is 29.4 Å². The quantitative estimate of drug-likeness (QED) is 0.501. The second-order valence-electron chi connectivity index (χ2n) is 2.04. The molecule has 56 valence electrons. The number of hydrogen-bond acceptors (Lipinski definition) is 3. The van der Waals surface area contributed by atoms with E-state index in [1.807, 2.05) is 0 Å². The summed E-state index contributed by atoms with van der Waals surface area (Å²) in [5.74, 6) is 0.464. The number of nitrogens with two attached hydrogens (primary N) is 1. The fourth-order valence-electron chi connectivity index (χ4n) is 0.700. The molecule has 0 aromatic carbocycles. The molecule has 4 nitrogen and oxygen atoms in total. The number of rotatable bonds is 1. The fourth-order valence-corrected chi connectivity index (χ4v) is 1.57. The van der Waals surface area contributed by atoms with Gasteiger partial charge < -0.3 is 11.1 Å². The van der Waals surface area contributed by atoms with Crippen LogP contribution >= 0.6 is 11.8 Å². The van der Waals surface area contributed by atoms with Crippen molar-refractivity contribution in [3.8, 4) is 0 Å². The Kier molecular flexibility index (Phi) is 2.16. The average Bonchev–Trinajstić information content (AvgIpc) is 1.88. The van der Waals surface area contributed by atoms with E-state index in [0.29, 0.717) is 11.5 Å². The zero-order valence-corrected chi connectivity index (χ0v) is 6.11. The van der Waals surface area contributed by atoms with Gasteiger partial charge in [0.25, 0.3) is 0 Å². The maximum absolute atomic E-state index is 10.6. The highest BCUT2D eigenvalue weighted by atomic mass is 32.2. The number of hydrogen-bond donors (Lipinski definition) is 2. The van der Waals surface area contributed by atoms with Gasteiger partial charge in [-0.25, -0.2) is 0 Å². The minimum Gasteiger partial charge on any atom is -0.368 e. The Bertz CT molecular complexity index is 169. The van der Waals surface area contributed by atoms with E-state index in [1.165, 1.54) is 11.8 Å². The molecule has 3 N–H and O–H groups in total. The second-order valence-corrected chi connectivity index (χ2v) is 3.07. The molecule has 0 aliphatic carbocycles. The fraction of sp³-hybridized carbons (Fsp3) is 0.600. The van der Waals surface area contributed by atoms with E-state index in [9.17, 15) is 9.59 Å². The number of carbonyl (C=O) groups is 2. The molecule has 0 spiro atoms. The van der Waals surface area contributed by atoms with Crippen molar-refractivity contribution in [2.24, 2.45) is 5.73 Å². The van der Waals surface area contributed by atoms with Crippen LogP contribution in [-0.2, 0) is 9.59 Å². The number of nitrogens with one attached hydrogen (secondary N) is 1. The van der Waals surface area contributed by atoms with Crippen LogP contribution in [0, 0.1) is 0 Å². The Morgan fingerprint density at radius 2 is 2.50 bits per heavy atom. The molecule has 1 aliphatic rings. The highest BCUT2D eigenvalue weighted by Crippen LogP contribution is 2.07. The Balaban J connectivity index is 2.47. The summed E-state index contributed by atoms with van der Waals surface area (Å²) in [5, 5.41) is 2.48. The van der Waals surface area contributed by atoms with Gasteiger partial charge in [-0.2, -0.15) is 0 Å². The normalized spacial score (nSPS) is 25.6. The molecule has 0 unspecified atom stereocenters. The van der Waals surface area contributed by atoms with Gasteiger partial charge in [0.2, 0.25) is 11.8 Å². The van der Waals surface area contributed by atoms with E-state index < -0.39 is 11.9 Å². The molecule has 1 heterocycles. The predicted molar refractivity (Wildman–Crippen MR) is 38.5 cm³/mol. The molecule has 0 saturated carbocycles. The van der Waals surface area contributed by atoms with Gasteiger partial charge in [-0.1, -0.05) is 0 Å². The summed E-state index contributed by atoms with van der Waals surface area (Å²) in [4.78, 5) is 21.1. The van der Waals surface area contributed by atoms with E-state index in [4.69, 9.17) is 5.73 Å². The van der Waals surface area contributed by atoms with E-state index in [-0.39, 0.29) is 5.91 Å². The summed E-state index contributed by atoms with van der Waals surface area (Å²) in [6, 6.07) is -0.466. The lowest BCUT2D eigenvalue weighted by Gasteiger charge is -2.19. The number of amides is 2. The second kappa shape index (κ2) is 2.92. The van der Waals surface area contributed by atoms with Crippen LogP contribution < -0.4 is 11.1 Å². The van der Waals surface area contributed by atoms with Crippen LogP contribution in [0.1, 0.15) is 0 Å². The maximum atomic E-state index is 10.6. The Morgan fingerprint density at radius 3 is 2.90 bits per heavy atom. The molecule has 2 amide bonds. The monoisotopic (exact) mass is 160 g/mol. The molecule has 0 aromatic rings. The van der Waals surface area contributed by atoms with Crippen molar-refractivity contribution in [1.29, 1.82) is 0 Å². The molecule has 1 atom stereocenters. The Morgan fingerprint density at radius 1 is 1.80 bits per heavy atom. The molecule has 1 rings (SSSR count). The van der Waals surface area contributed by atoms with Crippen molar-refractivity contribution in [3.05, 3.63) is 0 Å². The molecular formula is C5H8N2O2S. The summed E-state index contributed by atoms with van der Waals surface area (Å²) in [6.07, 6.45) is 0. The third kappa shape index (κ3) is 1.63. The van der Waals surface area contributed by atoms with Crippen LogP contribution in [0.5, 0.6) is 0 Å². The molecule has 0 radical (unpaired) electrons. The highest BCUT2D eigenvalue weighted by molar-refractivity contribution is 8.00. The first-order valence-electron chi connectivity index (χ1n) is 2.86. The zero-order valence-electron chi connectivity index (χ0n) is 5.29. The summed E-state index contributed by atoms with van der Waals surface area (Å²) in [5.41, 5.74) is 4.96. The first kappa shape index (κ1) is 7.40. The Hall–Kier alpha value is -0.710. The molecule has 5 heteroatoms. The van der Waals surface area contributed by atoms with Gasteiger partial charge >= 0.3 is 0 Å². The third-order valence-electron chi connectivity index (χ3n) is 1.20. The smallest absolute Gasteiger partial charge is 0.240 e. The van der Waals surface area contributed by atoms with Gasteiger partial charge in [-0.3, -0.25) is 9.59 Å². The molecule has 1 saturated heterocycles. The lowest BCUT2D eigenvalue weighted by atomic mass is 10.3. The molecule has 1 fully saturated rings. The van der Waals surface area contributed by atoms with Gasteiger partial charge in [0.05, 0.1) is 5.75 Å². The molecule has 1 aliphatic heterocycles. The SMILES string of the molecule is NC(=O)[C@@H]1CSCC(=O)N1. The summed E-state index contributed by atoms with van der Waals surface area (Å²) in [6.45, 7) is 0. The number of carbonyl (C=O) groups excluding carboxylic acids is 2. The van der Waals surface area contributed by atoms with Crippen LogP contribution in [0.3, 0.4) is 0 Å². The van der Waals surface area contributed by atoms with Crippen molar-refractivity contribution in [2.75, 3.05) is 11.5 Å². The molecule has 10 heavy (non-hydrogen) atoms. The first-order valence-corrected chi connectivity index (χ1v) is 4.02. The lowest BCUT2D eigenvalue weighted by Crippen LogP contribution is -2.49. The predicted octanol–water partition coefficient (Wildman–Crippen LogP) is -1.30. The molecular weight excluding hydrogens is 152 g/mol. The van der Waals surface area contributed by atoms with Crippen molar-refractivity contribution < 1.29 is 9.59 Å². The van der Waals surface area contributed by atoms with Crippen LogP contribution in [0.2, 0.25) is 0 Å². The maximum Gasteiger partial charge on any atom is 0.240 e. The van der Waals surface area contributed by atoms with Crippen molar-refractivity contribution in [2.45, 2.75) is 6.04 Å². The van der Waals surface area contributed by atoms with Crippen molar-refractivity contribution in [1.82, 2.24) is 5.32 Å². The minimum atomic E-state index is -0.466. The van der Waals surface area contributed by atoms with E-state index in [1.54, 1.807) is 0 Å². The van der Waals surface area contributed by atoms with Gasteiger partial charge in [0.1, 0.15) is 6.04 Å². The van der Waals surface area contributed by atoms with E-state index in [2.05, 4.69) is 5.32 Å². The number of primary amides is 1. The Labute approximate surface area is 62.5 Å². The lowest BCUT2D eigenvalue weighted by molar-refractivity contribution is -0.125. The third-order valence-corrected chi connectivity index (χ3v) is 2.23. The standard InChI is InChI=1S/C5H8N2O2S/c6-5(9)3-1-10-2-4(8)7-3/h3H,1-2H2,(H2,6,9)(H,7,8)/t3-/m0/s1. The molecule has 0 aromatic heterocycles. The topological polar surface area (TPSA) is 72.2 Å². The summed E-state index contributed by atoms with van der Waals surface area (Å²) < 4.78 is 0. The van der Waals surface area contributed by atoms with E-state index in [0.717, 1.165) is 0 Å². The van der Waals surface area contributed by atoms with E-state index >= 15 is 0 Å². The van der Waals surface area contributed by atoms with Crippen LogP contribution in [0.25, 0.3) is 0 Å². The van der Waals surface area contributed by atoms with Crippen LogP contribution in [0.15, 0.2) is 0 Å². The zero-order chi connectivity index (χ0) is 7.56. The highest BCUT2D eigenvalue weighted by Gasteiger charge is 2.22. The van der Waals surface area contributed by atoms with Crippen LogP contribution in [0.4, 0.5) is 0 Å².